The molecule has 0 spiro atoms. The molecule has 8 nitrogen and oxygen atoms in total. The second kappa shape index (κ2) is 8.80. The molecule has 0 fully saturated rings. The van der Waals surface area contributed by atoms with E-state index in [1.807, 2.05) is 30.3 Å². The highest BCUT2D eigenvalue weighted by Gasteiger charge is 2.25. The average Bonchev–Trinajstić information content (AvgIpc) is 3.22. The molecule has 2 aromatic carbocycles. The molecular formula is C18H15F2N5O3. The number of benzene rings is 2. The lowest BCUT2D eigenvalue weighted by Crippen LogP contribution is -2.28. The van der Waals surface area contributed by atoms with Crippen molar-refractivity contribution in [1.82, 2.24) is 20.2 Å². The number of nitrogens with one attached hydrogen (secondary N) is 1. The number of ether oxygens (including phenoxy) is 1. The van der Waals surface area contributed by atoms with Gasteiger partial charge in [-0.15, -0.1) is 5.10 Å². The van der Waals surface area contributed by atoms with E-state index >= 15 is 0 Å². The normalized spacial score (nSPS) is 11.6. The van der Waals surface area contributed by atoms with Gasteiger partial charge in [-0.3, -0.25) is 4.79 Å². The Hall–Kier alpha value is -3.69. The summed E-state index contributed by atoms with van der Waals surface area (Å²) in [5.74, 6) is -3.08. The molecule has 0 unspecified atom stereocenters. The van der Waals surface area contributed by atoms with Gasteiger partial charge in [0.05, 0.1) is 5.69 Å². The van der Waals surface area contributed by atoms with Crippen LogP contribution in [0, 0.1) is 11.6 Å². The Balaban J connectivity index is 1.63. The van der Waals surface area contributed by atoms with Gasteiger partial charge in [0.2, 0.25) is 0 Å². The van der Waals surface area contributed by atoms with Crippen LogP contribution in [0.5, 0.6) is 0 Å². The molecule has 0 aliphatic heterocycles. The predicted octanol–water partition coefficient (Wildman–Crippen LogP) is 1.92. The minimum Gasteiger partial charge on any atom is -0.454 e. The van der Waals surface area contributed by atoms with E-state index in [1.54, 1.807) is 0 Å². The molecule has 144 valence electrons. The van der Waals surface area contributed by atoms with E-state index in [9.17, 15) is 18.4 Å². The number of esters is 1. The standard InChI is InChI=1S/C18H15F2N5O3/c19-13-6-7-14(20)15(9-13)22-17(26)10-28-18(27)16(25-11-21-23-24-25)8-12-4-2-1-3-5-12/h1-7,9,11,16H,8,10H2,(H,22,26)/t16-/m0/s1. The Bertz CT molecular complexity index is 951. The fourth-order valence-electron chi connectivity index (χ4n) is 2.45. The van der Waals surface area contributed by atoms with Crippen LogP contribution in [0.3, 0.4) is 0 Å². The Morgan fingerprint density at radius 3 is 2.64 bits per heavy atom. The summed E-state index contributed by atoms with van der Waals surface area (Å²) in [5, 5.41) is 12.9. The molecule has 1 atom stereocenters. The fourth-order valence-corrected chi connectivity index (χ4v) is 2.45. The first-order valence-electron chi connectivity index (χ1n) is 8.21. The SMILES string of the molecule is O=C(COC(=O)[C@H](Cc1ccccc1)n1cnnn1)Nc1cc(F)ccc1F. The number of halogens is 2. The zero-order chi connectivity index (χ0) is 19.9. The molecule has 1 amide bonds. The summed E-state index contributed by atoms with van der Waals surface area (Å²) in [6, 6.07) is 10.9. The summed E-state index contributed by atoms with van der Waals surface area (Å²) in [6.45, 7) is -0.678. The second-order valence-corrected chi connectivity index (χ2v) is 5.78. The predicted molar refractivity (Wildman–Crippen MR) is 92.9 cm³/mol. The van der Waals surface area contributed by atoms with Crippen LogP contribution in [0.4, 0.5) is 14.5 Å². The number of carbonyl (C=O) groups is 2. The molecule has 0 aliphatic rings. The van der Waals surface area contributed by atoms with Crippen molar-refractivity contribution in [1.29, 1.82) is 0 Å². The maximum absolute atomic E-state index is 13.6. The lowest BCUT2D eigenvalue weighted by Gasteiger charge is -2.15. The Kier molecular flexibility index (Phi) is 6.00. The summed E-state index contributed by atoms with van der Waals surface area (Å²) in [7, 11) is 0. The number of rotatable bonds is 7. The van der Waals surface area contributed by atoms with E-state index in [4.69, 9.17) is 4.74 Å². The van der Waals surface area contributed by atoms with Gasteiger partial charge in [-0.1, -0.05) is 30.3 Å². The molecule has 3 aromatic rings. The average molecular weight is 387 g/mol. The van der Waals surface area contributed by atoms with Gasteiger partial charge in [0.1, 0.15) is 18.0 Å². The van der Waals surface area contributed by atoms with Crippen molar-refractivity contribution in [2.24, 2.45) is 0 Å². The van der Waals surface area contributed by atoms with Gasteiger partial charge in [-0.2, -0.15) is 0 Å². The molecule has 3 rings (SSSR count). The van der Waals surface area contributed by atoms with Gasteiger partial charge >= 0.3 is 5.97 Å². The number of nitrogens with zero attached hydrogens (tertiary/aromatic N) is 4. The van der Waals surface area contributed by atoms with E-state index in [0.717, 1.165) is 23.8 Å². The molecule has 0 radical (unpaired) electrons. The van der Waals surface area contributed by atoms with Crippen molar-refractivity contribution in [3.05, 3.63) is 72.1 Å². The Labute approximate surface area is 158 Å². The zero-order valence-electron chi connectivity index (χ0n) is 14.5. The summed E-state index contributed by atoms with van der Waals surface area (Å²) >= 11 is 0. The summed E-state index contributed by atoms with van der Waals surface area (Å²) < 4.78 is 33.0. The van der Waals surface area contributed by atoms with E-state index in [0.29, 0.717) is 0 Å². The molecule has 0 aliphatic carbocycles. The molecule has 1 N–H and O–H groups in total. The minimum atomic E-state index is -0.892. The molecule has 0 saturated carbocycles. The van der Waals surface area contributed by atoms with E-state index in [1.165, 1.54) is 11.0 Å². The molecule has 1 heterocycles. The molecular weight excluding hydrogens is 372 g/mol. The first kappa shape index (κ1) is 19.1. The number of anilines is 1. The van der Waals surface area contributed by atoms with Gasteiger partial charge in [0, 0.05) is 12.5 Å². The van der Waals surface area contributed by atoms with Crippen molar-refractivity contribution in [3.8, 4) is 0 Å². The largest absolute Gasteiger partial charge is 0.454 e. The van der Waals surface area contributed by atoms with Crippen LogP contribution in [0.15, 0.2) is 54.9 Å². The van der Waals surface area contributed by atoms with Crippen LogP contribution >= 0.6 is 0 Å². The first-order chi connectivity index (χ1) is 13.5. The number of aromatic nitrogens is 4. The summed E-state index contributed by atoms with van der Waals surface area (Å²) in [5.41, 5.74) is 0.494. The first-order valence-corrected chi connectivity index (χ1v) is 8.21. The van der Waals surface area contributed by atoms with Crippen LogP contribution in [0.1, 0.15) is 11.6 Å². The number of amides is 1. The third kappa shape index (κ3) is 4.93. The smallest absolute Gasteiger partial charge is 0.331 e. The van der Waals surface area contributed by atoms with Crippen LogP contribution in [0.2, 0.25) is 0 Å². The highest BCUT2D eigenvalue weighted by atomic mass is 19.1. The minimum absolute atomic E-state index is 0.241. The summed E-state index contributed by atoms with van der Waals surface area (Å²) in [4.78, 5) is 24.4. The molecule has 0 saturated heterocycles. The topological polar surface area (TPSA) is 99.0 Å². The zero-order valence-corrected chi connectivity index (χ0v) is 14.5. The second-order valence-electron chi connectivity index (χ2n) is 5.78. The highest BCUT2D eigenvalue weighted by molar-refractivity contribution is 5.93. The lowest BCUT2D eigenvalue weighted by atomic mass is 10.1. The molecule has 28 heavy (non-hydrogen) atoms. The van der Waals surface area contributed by atoms with Gasteiger partial charge < -0.3 is 10.1 Å². The number of tetrazole rings is 1. The fraction of sp³-hybridized carbons (Fsp3) is 0.167. The van der Waals surface area contributed by atoms with E-state index < -0.39 is 36.2 Å². The van der Waals surface area contributed by atoms with Crippen molar-refractivity contribution >= 4 is 17.6 Å². The lowest BCUT2D eigenvalue weighted by molar-refractivity contribution is -0.151. The molecule has 1 aromatic heterocycles. The maximum atomic E-state index is 13.6. The van der Waals surface area contributed by atoms with Gasteiger partial charge in [-0.25, -0.2) is 18.3 Å². The Morgan fingerprint density at radius 2 is 1.93 bits per heavy atom. The number of hydrogen-bond acceptors (Lipinski definition) is 6. The van der Waals surface area contributed by atoms with Crippen molar-refractivity contribution in [2.45, 2.75) is 12.5 Å². The van der Waals surface area contributed by atoms with Gasteiger partial charge in [-0.05, 0) is 28.1 Å². The van der Waals surface area contributed by atoms with Crippen LogP contribution in [-0.4, -0.2) is 38.7 Å². The highest BCUT2D eigenvalue weighted by Crippen LogP contribution is 2.16. The van der Waals surface area contributed by atoms with E-state index in [2.05, 4.69) is 20.8 Å². The van der Waals surface area contributed by atoms with E-state index in [-0.39, 0.29) is 12.1 Å². The molecule has 10 heteroatoms. The van der Waals surface area contributed by atoms with Crippen molar-refractivity contribution in [3.63, 3.8) is 0 Å². The quantitative estimate of drug-likeness (QED) is 0.622. The molecule has 0 bridgehead atoms. The van der Waals surface area contributed by atoms with Crippen LogP contribution < -0.4 is 5.32 Å². The van der Waals surface area contributed by atoms with Gasteiger partial charge in [0.15, 0.2) is 12.6 Å². The maximum Gasteiger partial charge on any atom is 0.331 e. The van der Waals surface area contributed by atoms with Crippen molar-refractivity contribution < 1.29 is 23.1 Å². The third-order valence-electron chi connectivity index (χ3n) is 3.78. The Morgan fingerprint density at radius 1 is 1.14 bits per heavy atom. The van der Waals surface area contributed by atoms with Crippen LogP contribution in [-0.2, 0) is 20.7 Å². The monoisotopic (exact) mass is 387 g/mol. The van der Waals surface area contributed by atoms with Gasteiger partial charge in [0.25, 0.3) is 5.91 Å². The number of hydrogen-bond donors (Lipinski definition) is 1. The van der Waals surface area contributed by atoms with Crippen molar-refractivity contribution in [2.75, 3.05) is 11.9 Å². The summed E-state index contributed by atoms with van der Waals surface area (Å²) in [6.07, 6.45) is 1.50. The third-order valence-corrected chi connectivity index (χ3v) is 3.78. The number of carbonyl (C=O) groups excluding carboxylic acids is 2. The van der Waals surface area contributed by atoms with Crippen LogP contribution in [0.25, 0.3) is 0 Å².